The lowest BCUT2D eigenvalue weighted by molar-refractivity contribution is -0.135. The summed E-state index contributed by atoms with van der Waals surface area (Å²) in [6.07, 6.45) is 1.98. The third-order valence-electron chi connectivity index (χ3n) is 4.23. The smallest absolute Gasteiger partial charge is 0.223 e. The van der Waals surface area contributed by atoms with Gasteiger partial charge in [-0.3, -0.25) is 9.59 Å². The van der Waals surface area contributed by atoms with Crippen LogP contribution in [0.2, 0.25) is 0 Å². The van der Waals surface area contributed by atoms with Gasteiger partial charge in [0, 0.05) is 43.5 Å². The molecule has 1 aliphatic heterocycles. The van der Waals surface area contributed by atoms with Crippen molar-refractivity contribution in [1.29, 1.82) is 0 Å². The molecule has 2 aromatic rings. The lowest BCUT2D eigenvalue weighted by Gasteiger charge is -2.32. The molecule has 6 heteroatoms. The molecule has 0 aliphatic carbocycles. The van der Waals surface area contributed by atoms with Gasteiger partial charge in [0.2, 0.25) is 12.3 Å². The van der Waals surface area contributed by atoms with Gasteiger partial charge in [-0.1, -0.05) is 23.8 Å². The van der Waals surface area contributed by atoms with Crippen molar-refractivity contribution in [3.8, 4) is 10.6 Å². The molecule has 0 N–H and O–H groups in total. The minimum Gasteiger partial charge on any atom is -0.342 e. The van der Waals surface area contributed by atoms with Crippen LogP contribution in [-0.4, -0.2) is 53.3 Å². The number of carbonyl (C=O) groups excluding carboxylic acids is 2. The fraction of sp³-hybridized carbons (Fsp3) is 0.389. The molecule has 0 unspecified atom stereocenters. The van der Waals surface area contributed by atoms with Crippen molar-refractivity contribution < 1.29 is 9.59 Å². The van der Waals surface area contributed by atoms with E-state index in [-0.39, 0.29) is 5.91 Å². The van der Waals surface area contributed by atoms with Crippen LogP contribution in [0.5, 0.6) is 0 Å². The van der Waals surface area contributed by atoms with Crippen LogP contribution < -0.4 is 0 Å². The maximum atomic E-state index is 12.3. The Kier molecular flexibility index (Phi) is 5.25. The lowest BCUT2D eigenvalue weighted by Crippen LogP contribution is -2.48. The Morgan fingerprint density at radius 3 is 2.79 bits per heavy atom. The summed E-state index contributed by atoms with van der Waals surface area (Å²) in [6, 6.07) is 8.29. The fourth-order valence-corrected chi connectivity index (χ4v) is 3.65. The van der Waals surface area contributed by atoms with Crippen LogP contribution in [0.1, 0.15) is 17.7 Å². The highest BCUT2D eigenvalue weighted by molar-refractivity contribution is 7.13. The molecule has 1 saturated heterocycles. The normalized spacial score (nSPS) is 14.7. The van der Waals surface area contributed by atoms with Crippen LogP contribution in [0.3, 0.4) is 0 Å². The topological polar surface area (TPSA) is 53.5 Å². The van der Waals surface area contributed by atoms with Gasteiger partial charge in [0.15, 0.2) is 0 Å². The van der Waals surface area contributed by atoms with Crippen molar-refractivity contribution in [2.75, 3.05) is 26.2 Å². The van der Waals surface area contributed by atoms with Gasteiger partial charge in [0.25, 0.3) is 0 Å². The fourth-order valence-electron chi connectivity index (χ4n) is 2.80. The number of hydrogen-bond donors (Lipinski definition) is 0. The summed E-state index contributed by atoms with van der Waals surface area (Å²) < 4.78 is 0. The first kappa shape index (κ1) is 16.6. The summed E-state index contributed by atoms with van der Waals surface area (Å²) in [5.41, 5.74) is 3.31. The van der Waals surface area contributed by atoms with E-state index in [2.05, 4.69) is 30.1 Å². The van der Waals surface area contributed by atoms with E-state index in [0.29, 0.717) is 39.0 Å². The summed E-state index contributed by atoms with van der Waals surface area (Å²) in [7, 11) is 0. The number of amides is 2. The highest BCUT2D eigenvalue weighted by Crippen LogP contribution is 2.25. The number of piperazine rings is 1. The Morgan fingerprint density at radius 2 is 2.08 bits per heavy atom. The molecular formula is C18H21N3O2S. The minimum atomic E-state index is 0.144. The summed E-state index contributed by atoms with van der Waals surface area (Å²) in [4.78, 5) is 31.2. The summed E-state index contributed by atoms with van der Waals surface area (Å²) in [6.45, 7) is 4.58. The molecule has 126 valence electrons. The molecule has 0 atom stereocenters. The van der Waals surface area contributed by atoms with Gasteiger partial charge in [0.05, 0.1) is 5.69 Å². The predicted octanol–water partition coefficient (Wildman–Crippen LogP) is 2.35. The van der Waals surface area contributed by atoms with E-state index in [4.69, 9.17) is 0 Å². The molecule has 1 aliphatic rings. The number of benzene rings is 1. The third kappa shape index (κ3) is 4.00. The average Bonchev–Trinajstić information content (AvgIpc) is 3.09. The number of aromatic nitrogens is 1. The van der Waals surface area contributed by atoms with Crippen LogP contribution >= 0.6 is 11.3 Å². The molecule has 0 bridgehead atoms. The Balaban J connectivity index is 1.54. The molecular weight excluding hydrogens is 322 g/mol. The number of rotatable bonds is 5. The molecule has 1 aromatic heterocycles. The summed E-state index contributed by atoms with van der Waals surface area (Å²) in [5.74, 6) is 0.144. The molecule has 0 spiro atoms. The molecule has 3 rings (SSSR count). The first-order valence-corrected chi connectivity index (χ1v) is 9.02. The largest absolute Gasteiger partial charge is 0.342 e. The van der Waals surface area contributed by atoms with Crippen LogP contribution in [0.25, 0.3) is 10.6 Å². The number of carbonyl (C=O) groups is 2. The Morgan fingerprint density at radius 1 is 1.29 bits per heavy atom. The zero-order chi connectivity index (χ0) is 16.9. The lowest BCUT2D eigenvalue weighted by atomic mass is 10.1. The van der Waals surface area contributed by atoms with Gasteiger partial charge in [-0.2, -0.15) is 0 Å². The highest BCUT2D eigenvalue weighted by atomic mass is 32.1. The number of thiazole rings is 1. The summed E-state index contributed by atoms with van der Waals surface area (Å²) in [5, 5.41) is 3.04. The minimum absolute atomic E-state index is 0.144. The Hall–Kier alpha value is -2.21. The Bertz CT molecular complexity index is 721. The second kappa shape index (κ2) is 7.57. The van der Waals surface area contributed by atoms with Crippen LogP contribution in [0.15, 0.2) is 29.6 Å². The van der Waals surface area contributed by atoms with Crippen molar-refractivity contribution in [2.45, 2.75) is 19.8 Å². The molecule has 0 radical (unpaired) electrons. The average molecular weight is 343 g/mol. The molecule has 1 aromatic carbocycles. The monoisotopic (exact) mass is 343 g/mol. The summed E-state index contributed by atoms with van der Waals surface area (Å²) >= 11 is 1.62. The van der Waals surface area contributed by atoms with Crippen molar-refractivity contribution >= 4 is 23.7 Å². The van der Waals surface area contributed by atoms with Crippen LogP contribution in [-0.2, 0) is 16.0 Å². The molecule has 2 amide bonds. The van der Waals surface area contributed by atoms with Crippen molar-refractivity contribution in [3.63, 3.8) is 0 Å². The number of nitrogens with zero attached hydrogens (tertiary/aromatic N) is 3. The van der Waals surface area contributed by atoms with E-state index in [1.165, 1.54) is 5.56 Å². The van der Waals surface area contributed by atoms with E-state index in [1.807, 2.05) is 16.3 Å². The molecule has 1 fully saturated rings. The maximum Gasteiger partial charge on any atom is 0.223 e. The van der Waals surface area contributed by atoms with Gasteiger partial charge in [-0.05, 0) is 19.4 Å². The van der Waals surface area contributed by atoms with Crippen LogP contribution in [0.4, 0.5) is 0 Å². The maximum absolute atomic E-state index is 12.3. The zero-order valence-electron chi connectivity index (χ0n) is 13.8. The number of hydrogen-bond acceptors (Lipinski definition) is 4. The highest BCUT2D eigenvalue weighted by Gasteiger charge is 2.20. The zero-order valence-corrected chi connectivity index (χ0v) is 14.6. The van der Waals surface area contributed by atoms with E-state index in [0.717, 1.165) is 22.7 Å². The van der Waals surface area contributed by atoms with E-state index in [1.54, 1.807) is 16.2 Å². The molecule has 5 nitrogen and oxygen atoms in total. The second-order valence-electron chi connectivity index (χ2n) is 6.04. The first-order chi connectivity index (χ1) is 11.7. The first-order valence-electron chi connectivity index (χ1n) is 8.14. The quantitative estimate of drug-likeness (QED) is 0.783. The van der Waals surface area contributed by atoms with Crippen LogP contribution in [0, 0.1) is 6.92 Å². The SMILES string of the molecule is Cc1cccc(-c2nc(CCC(=O)N3CCN(C=O)CC3)cs2)c1. The van der Waals surface area contributed by atoms with Gasteiger partial charge in [-0.25, -0.2) is 4.98 Å². The molecule has 24 heavy (non-hydrogen) atoms. The van der Waals surface area contributed by atoms with E-state index < -0.39 is 0 Å². The van der Waals surface area contributed by atoms with Crippen molar-refractivity contribution in [3.05, 3.63) is 40.9 Å². The van der Waals surface area contributed by atoms with Gasteiger partial charge >= 0.3 is 0 Å². The third-order valence-corrected chi connectivity index (χ3v) is 5.17. The van der Waals surface area contributed by atoms with Gasteiger partial charge in [-0.15, -0.1) is 11.3 Å². The molecule has 0 saturated carbocycles. The van der Waals surface area contributed by atoms with Crippen molar-refractivity contribution in [2.24, 2.45) is 0 Å². The number of aryl methyl sites for hydroxylation is 2. The van der Waals surface area contributed by atoms with Gasteiger partial charge < -0.3 is 9.80 Å². The van der Waals surface area contributed by atoms with E-state index in [9.17, 15) is 9.59 Å². The second-order valence-corrected chi connectivity index (χ2v) is 6.89. The van der Waals surface area contributed by atoms with E-state index >= 15 is 0 Å². The predicted molar refractivity (Wildman–Crippen MR) is 94.8 cm³/mol. The Labute approximate surface area is 145 Å². The molecule has 2 heterocycles. The van der Waals surface area contributed by atoms with Gasteiger partial charge in [0.1, 0.15) is 5.01 Å². The van der Waals surface area contributed by atoms with Crippen molar-refractivity contribution in [1.82, 2.24) is 14.8 Å². The standard InChI is InChI=1S/C18H21N3O2S/c1-14-3-2-4-15(11-14)18-19-16(12-24-18)5-6-17(23)21-9-7-20(13-22)8-10-21/h2-4,11-13H,5-10H2,1H3.